The molecule has 4 heteroatoms. The van der Waals surface area contributed by atoms with Crippen molar-refractivity contribution in [1.82, 2.24) is 4.90 Å². The number of carbonyl (C=O) groups is 1. The third-order valence-corrected chi connectivity index (χ3v) is 4.34. The molecular formula is C17H25NO3. The summed E-state index contributed by atoms with van der Waals surface area (Å²) in [6.07, 6.45) is 2.83. The molecule has 21 heavy (non-hydrogen) atoms. The van der Waals surface area contributed by atoms with Crippen LogP contribution in [0.2, 0.25) is 0 Å². The molecule has 0 heterocycles. The first kappa shape index (κ1) is 16.0. The lowest BCUT2D eigenvalue weighted by Crippen LogP contribution is -2.49. The minimum absolute atomic E-state index is 0.0172. The summed E-state index contributed by atoms with van der Waals surface area (Å²) in [6, 6.07) is 7.67. The number of rotatable bonds is 5. The molecule has 0 bridgehead atoms. The zero-order chi connectivity index (χ0) is 15.5. The number of hydrogen-bond acceptors (Lipinski definition) is 4. The van der Waals surface area contributed by atoms with Crippen LogP contribution in [0, 0.1) is 0 Å². The zero-order valence-electron chi connectivity index (χ0n) is 13.1. The molecule has 1 aliphatic rings. The Morgan fingerprint density at radius 2 is 1.95 bits per heavy atom. The molecule has 2 atom stereocenters. The van der Waals surface area contributed by atoms with Crippen LogP contribution in [-0.4, -0.2) is 49.1 Å². The minimum atomic E-state index is -1.24. The summed E-state index contributed by atoms with van der Waals surface area (Å²) in [4.78, 5) is 14.4. The number of ether oxygens (including phenoxy) is 1. The number of Topliss-reactive ketones (excluding diaryl/α,β-unsaturated/α-hetero) is 1. The van der Waals surface area contributed by atoms with Gasteiger partial charge < -0.3 is 14.7 Å². The minimum Gasteiger partial charge on any atom is -0.497 e. The lowest BCUT2D eigenvalue weighted by atomic mass is 9.71. The Kier molecular flexibility index (Phi) is 5.01. The molecule has 1 aromatic carbocycles. The predicted molar refractivity (Wildman–Crippen MR) is 82.7 cm³/mol. The van der Waals surface area contributed by atoms with Crippen molar-refractivity contribution in [3.05, 3.63) is 29.8 Å². The Bertz CT molecular complexity index is 483. The van der Waals surface area contributed by atoms with Gasteiger partial charge >= 0.3 is 0 Å². The second kappa shape index (κ2) is 6.58. The highest BCUT2D eigenvalue weighted by Crippen LogP contribution is 2.38. The first-order valence-electron chi connectivity index (χ1n) is 7.51. The van der Waals surface area contributed by atoms with Gasteiger partial charge in [0.1, 0.15) is 11.4 Å². The highest BCUT2D eigenvalue weighted by atomic mass is 16.5. The second-order valence-corrected chi connectivity index (χ2v) is 6.14. The molecule has 0 aliphatic heterocycles. The summed E-state index contributed by atoms with van der Waals surface area (Å²) in [6.45, 7) is 0.647. The predicted octanol–water partition coefficient (Wildman–Crippen LogP) is 2.21. The Labute approximate surface area is 126 Å². The summed E-state index contributed by atoms with van der Waals surface area (Å²) in [7, 11) is 5.56. The van der Waals surface area contributed by atoms with Crippen LogP contribution < -0.4 is 4.74 Å². The van der Waals surface area contributed by atoms with Crippen molar-refractivity contribution in [2.75, 3.05) is 27.7 Å². The quantitative estimate of drug-likeness (QED) is 0.903. The van der Waals surface area contributed by atoms with E-state index in [0.717, 1.165) is 24.2 Å². The molecule has 0 radical (unpaired) electrons. The fraction of sp³-hybridized carbons (Fsp3) is 0.588. The van der Waals surface area contributed by atoms with Gasteiger partial charge in [0.05, 0.1) is 7.11 Å². The zero-order valence-corrected chi connectivity index (χ0v) is 13.1. The summed E-state index contributed by atoms with van der Waals surface area (Å²) >= 11 is 0. The normalized spacial score (nSPS) is 24.1. The van der Waals surface area contributed by atoms with Gasteiger partial charge in [-0.1, -0.05) is 12.1 Å². The highest BCUT2D eigenvalue weighted by Gasteiger charge is 2.45. The van der Waals surface area contributed by atoms with E-state index in [1.165, 1.54) is 0 Å². The van der Waals surface area contributed by atoms with E-state index in [9.17, 15) is 9.90 Å². The number of carbonyl (C=O) groups excluding carboxylic acids is 1. The average Bonchev–Trinajstić information content (AvgIpc) is 2.48. The molecule has 116 valence electrons. The molecule has 2 rings (SSSR count). The Morgan fingerprint density at radius 3 is 2.48 bits per heavy atom. The van der Waals surface area contributed by atoms with Gasteiger partial charge in [-0.25, -0.2) is 0 Å². The summed E-state index contributed by atoms with van der Waals surface area (Å²) in [5.41, 5.74) is -0.251. The first-order valence-corrected chi connectivity index (χ1v) is 7.51. The van der Waals surface area contributed by atoms with Crippen molar-refractivity contribution in [3.63, 3.8) is 0 Å². The topological polar surface area (TPSA) is 49.8 Å². The lowest BCUT2D eigenvalue weighted by Gasteiger charge is -2.39. The maximum Gasteiger partial charge on any atom is 0.165 e. The molecule has 0 aromatic heterocycles. The number of hydrogen-bond donors (Lipinski definition) is 1. The van der Waals surface area contributed by atoms with Crippen LogP contribution >= 0.6 is 0 Å². The molecule has 0 spiro atoms. The van der Waals surface area contributed by atoms with E-state index in [0.29, 0.717) is 19.4 Å². The summed E-state index contributed by atoms with van der Waals surface area (Å²) in [5.74, 6) is 0.562. The fourth-order valence-electron chi connectivity index (χ4n) is 3.14. The third kappa shape index (κ3) is 3.44. The molecule has 0 saturated heterocycles. The summed E-state index contributed by atoms with van der Waals surface area (Å²) in [5, 5.41) is 11.0. The lowest BCUT2D eigenvalue weighted by molar-refractivity contribution is -0.144. The van der Waals surface area contributed by atoms with Crippen LogP contribution in [0.3, 0.4) is 0 Å². The standard InChI is InChI=1S/C17H25NO3/c1-18(2)12-15(13-7-9-14(21-3)10-8-13)17(20)11-5-4-6-16(17)19/h7-10,15,20H,4-6,11-12H2,1-3H3. The van der Waals surface area contributed by atoms with Gasteiger partial charge in [0.15, 0.2) is 5.78 Å². The monoisotopic (exact) mass is 291 g/mol. The Morgan fingerprint density at radius 1 is 1.29 bits per heavy atom. The SMILES string of the molecule is COc1ccc(C(CN(C)C)C2(O)CCCCC2=O)cc1. The van der Waals surface area contributed by atoms with Crippen LogP contribution in [0.15, 0.2) is 24.3 Å². The van der Waals surface area contributed by atoms with E-state index < -0.39 is 5.60 Å². The molecule has 1 saturated carbocycles. The van der Waals surface area contributed by atoms with Gasteiger partial charge in [-0.15, -0.1) is 0 Å². The molecule has 4 nitrogen and oxygen atoms in total. The van der Waals surface area contributed by atoms with Crippen LogP contribution in [0.4, 0.5) is 0 Å². The number of likely N-dealkylation sites (N-methyl/N-ethyl adjacent to an activating group) is 1. The van der Waals surface area contributed by atoms with Crippen molar-refractivity contribution in [1.29, 1.82) is 0 Å². The largest absolute Gasteiger partial charge is 0.497 e. The molecule has 1 fully saturated rings. The molecule has 1 aliphatic carbocycles. The van der Waals surface area contributed by atoms with Crippen LogP contribution in [0.25, 0.3) is 0 Å². The van der Waals surface area contributed by atoms with E-state index in [-0.39, 0.29) is 11.7 Å². The third-order valence-electron chi connectivity index (χ3n) is 4.34. The van der Waals surface area contributed by atoms with Crippen LogP contribution in [0.5, 0.6) is 5.75 Å². The van der Waals surface area contributed by atoms with Crippen molar-refractivity contribution in [3.8, 4) is 5.75 Å². The van der Waals surface area contributed by atoms with Crippen molar-refractivity contribution in [2.45, 2.75) is 37.2 Å². The number of benzene rings is 1. The molecule has 2 unspecified atom stereocenters. The molecule has 1 N–H and O–H groups in total. The van der Waals surface area contributed by atoms with Gasteiger partial charge in [-0.05, 0) is 51.1 Å². The van der Waals surface area contributed by atoms with Crippen molar-refractivity contribution < 1.29 is 14.6 Å². The molecule has 0 amide bonds. The number of nitrogens with zero attached hydrogens (tertiary/aromatic N) is 1. The maximum atomic E-state index is 12.3. The average molecular weight is 291 g/mol. The van der Waals surface area contributed by atoms with Gasteiger partial charge in [0, 0.05) is 18.9 Å². The fourth-order valence-corrected chi connectivity index (χ4v) is 3.14. The van der Waals surface area contributed by atoms with Crippen LogP contribution in [0.1, 0.15) is 37.2 Å². The Hall–Kier alpha value is -1.39. The van der Waals surface area contributed by atoms with Gasteiger partial charge in [-0.2, -0.15) is 0 Å². The summed E-state index contributed by atoms with van der Waals surface area (Å²) < 4.78 is 5.18. The van der Waals surface area contributed by atoms with E-state index in [1.807, 2.05) is 43.3 Å². The van der Waals surface area contributed by atoms with Gasteiger partial charge in [0.2, 0.25) is 0 Å². The first-order chi connectivity index (χ1) is 9.97. The van der Waals surface area contributed by atoms with Crippen molar-refractivity contribution in [2.24, 2.45) is 0 Å². The van der Waals surface area contributed by atoms with E-state index >= 15 is 0 Å². The number of aliphatic hydroxyl groups is 1. The van der Waals surface area contributed by atoms with Gasteiger partial charge in [-0.3, -0.25) is 4.79 Å². The second-order valence-electron chi connectivity index (χ2n) is 6.14. The van der Waals surface area contributed by atoms with Crippen LogP contribution in [-0.2, 0) is 4.79 Å². The maximum absolute atomic E-state index is 12.3. The van der Waals surface area contributed by atoms with E-state index in [4.69, 9.17) is 4.74 Å². The highest BCUT2D eigenvalue weighted by molar-refractivity contribution is 5.89. The van der Waals surface area contributed by atoms with Crippen molar-refractivity contribution >= 4 is 5.78 Å². The van der Waals surface area contributed by atoms with E-state index in [1.54, 1.807) is 7.11 Å². The van der Waals surface area contributed by atoms with Gasteiger partial charge in [0.25, 0.3) is 0 Å². The molecular weight excluding hydrogens is 266 g/mol. The Balaban J connectivity index is 2.34. The van der Waals surface area contributed by atoms with E-state index in [2.05, 4.69) is 0 Å². The molecule has 1 aromatic rings. The number of methoxy groups -OCH3 is 1. The smallest absolute Gasteiger partial charge is 0.165 e. The number of ketones is 1.